The number of halogens is 1. The molecule has 0 radical (unpaired) electrons. The van der Waals surface area contributed by atoms with Gasteiger partial charge in [0.2, 0.25) is 0 Å². The molecule has 0 spiro atoms. The van der Waals surface area contributed by atoms with Crippen molar-refractivity contribution in [1.82, 2.24) is 15.1 Å². The molecular weight excluding hydrogens is 395 g/mol. The van der Waals surface area contributed by atoms with Gasteiger partial charge in [0.25, 0.3) is 5.91 Å². The number of likely N-dealkylation sites (N-methyl/N-ethyl adjacent to an activating group) is 2. The van der Waals surface area contributed by atoms with Gasteiger partial charge in [0.1, 0.15) is 5.75 Å². The number of guanidine groups is 1. The summed E-state index contributed by atoms with van der Waals surface area (Å²) >= 11 is 0. The van der Waals surface area contributed by atoms with Gasteiger partial charge in [-0.25, -0.2) is 0 Å². The number of nitrogens with one attached hydrogen (secondary N) is 1. The van der Waals surface area contributed by atoms with Gasteiger partial charge in [0.05, 0.1) is 6.54 Å². The van der Waals surface area contributed by atoms with E-state index in [1.807, 2.05) is 31.3 Å². The summed E-state index contributed by atoms with van der Waals surface area (Å²) < 4.78 is 5.50. The number of amides is 1. The molecule has 0 unspecified atom stereocenters. The number of rotatable bonds is 5. The van der Waals surface area contributed by atoms with E-state index in [-0.39, 0.29) is 36.5 Å². The zero-order valence-corrected chi connectivity index (χ0v) is 15.5. The molecule has 1 aromatic rings. The molecule has 1 aliphatic rings. The maximum atomic E-state index is 11.5. The number of benzene rings is 1. The molecule has 6 nitrogen and oxygen atoms in total. The predicted octanol–water partition coefficient (Wildman–Crippen LogP) is 1.16. The molecule has 1 amide bonds. The molecule has 122 valence electrons. The van der Waals surface area contributed by atoms with Crippen LogP contribution in [0.5, 0.6) is 5.75 Å². The second-order valence-corrected chi connectivity index (χ2v) is 5.20. The number of nitrogens with zero attached hydrogens (tertiary/aromatic N) is 3. The van der Waals surface area contributed by atoms with E-state index in [0.717, 1.165) is 24.6 Å². The topological polar surface area (TPSA) is 57.2 Å². The van der Waals surface area contributed by atoms with Crippen LogP contribution in [-0.4, -0.2) is 62.5 Å². The normalized spacial score (nSPS) is 13.2. The third-order valence-corrected chi connectivity index (χ3v) is 3.27. The first-order valence-electron chi connectivity index (χ1n) is 6.97. The summed E-state index contributed by atoms with van der Waals surface area (Å²) in [6.45, 7) is 2.54. The number of aliphatic imine (C=N–C) groups is 1. The van der Waals surface area contributed by atoms with Crippen molar-refractivity contribution in [1.29, 1.82) is 0 Å². The number of carbonyl (C=O) groups is 1. The van der Waals surface area contributed by atoms with Crippen LogP contribution in [0.4, 0.5) is 0 Å². The van der Waals surface area contributed by atoms with Gasteiger partial charge in [-0.15, -0.1) is 24.0 Å². The summed E-state index contributed by atoms with van der Waals surface area (Å²) in [4.78, 5) is 19.5. The minimum absolute atomic E-state index is 0. The lowest BCUT2D eigenvalue weighted by molar-refractivity contribution is -0.130. The van der Waals surface area contributed by atoms with E-state index < -0.39 is 0 Å². The smallest absolute Gasteiger partial charge is 0.259 e. The highest BCUT2D eigenvalue weighted by atomic mass is 127. The van der Waals surface area contributed by atoms with Gasteiger partial charge in [-0.05, 0) is 17.7 Å². The van der Waals surface area contributed by atoms with Crippen molar-refractivity contribution >= 4 is 35.8 Å². The summed E-state index contributed by atoms with van der Waals surface area (Å²) in [5.74, 6) is 1.57. The first-order chi connectivity index (χ1) is 10.1. The molecule has 0 aromatic heterocycles. The zero-order valence-electron chi connectivity index (χ0n) is 13.2. The lowest BCUT2D eigenvalue weighted by atomic mass is 10.2. The van der Waals surface area contributed by atoms with Crippen molar-refractivity contribution in [2.45, 2.75) is 6.54 Å². The van der Waals surface area contributed by atoms with Crippen molar-refractivity contribution in [3.8, 4) is 5.75 Å². The molecule has 22 heavy (non-hydrogen) atoms. The lowest BCUT2D eigenvalue weighted by Gasteiger charge is -2.15. The Bertz CT molecular complexity index is 534. The molecule has 0 fully saturated rings. The van der Waals surface area contributed by atoms with E-state index in [0.29, 0.717) is 12.3 Å². The second kappa shape index (κ2) is 8.82. The quantitative estimate of drug-likeness (QED) is 0.730. The molecular formula is C15H23IN4O2. The Morgan fingerprint density at radius 1 is 1.45 bits per heavy atom. The molecule has 0 atom stereocenters. The average Bonchev–Trinajstić information content (AvgIpc) is 2.88. The van der Waals surface area contributed by atoms with Crippen molar-refractivity contribution in [3.63, 3.8) is 0 Å². The molecule has 1 N–H and O–H groups in total. The fraction of sp³-hybridized carbons (Fsp3) is 0.467. The van der Waals surface area contributed by atoms with Gasteiger partial charge in [0, 0.05) is 34.2 Å². The van der Waals surface area contributed by atoms with E-state index in [1.165, 1.54) is 4.90 Å². The number of ether oxygens (including phenoxy) is 1. The summed E-state index contributed by atoms with van der Waals surface area (Å²) in [5, 5.41) is 3.30. The molecule has 1 aliphatic heterocycles. The van der Waals surface area contributed by atoms with Crippen LogP contribution < -0.4 is 10.1 Å². The molecule has 0 aliphatic carbocycles. The number of hydrogen-bond acceptors (Lipinski definition) is 5. The van der Waals surface area contributed by atoms with Crippen LogP contribution in [0.1, 0.15) is 5.56 Å². The fourth-order valence-corrected chi connectivity index (χ4v) is 1.92. The molecule has 2 rings (SSSR count). The number of carbonyl (C=O) groups excluding carboxylic acids is 1. The Balaban J connectivity index is 0.00000242. The highest BCUT2D eigenvalue weighted by Crippen LogP contribution is 2.13. The molecule has 0 saturated carbocycles. The third kappa shape index (κ3) is 5.36. The Morgan fingerprint density at radius 2 is 2.23 bits per heavy atom. The van der Waals surface area contributed by atoms with Gasteiger partial charge in [-0.3, -0.25) is 9.79 Å². The molecule has 1 heterocycles. The van der Waals surface area contributed by atoms with Gasteiger partial charge in [-0.2, -0.15) is 0 Å². The monoisotopic (exact) mass is 418 g/mol. The van der Waals surface area contributed by atoms with Crippen molar-refractivity contribution in [3.05, 3.63) is 29.8 Å². The van der Waals surface area contributed by atoms with E-state index in [9.17, 15) is 4.79 Å². The van der Waals surface area contributed by atoms with Crippen molar-refractivity contribution in [2.24, 2.45) is 4.99 Å². The molecule has 7 heteroatoms. The van der Waals surface area contributed by atoms with Gasteiger partial charge in [-0.1, -0.05) is 12.1 Å². The Kier molecular flexibility index (Phi) is 7.43. The minimum Gasteiger partial charge on any atom is -0.484 e. The first kappa shape index (κ1) is 18.5. The lowest BCUT2D eigenvalue weighted by Crippen LogP contribution is -2.35. The summed E-state index contributed by atoms with van der Waals surface area (Å²) in [6, 6.07) is 7.73. The van der Waals surface area contributed by atoms with Crippen molar-refractivity contribution < 1.29 is 9.53 Å². The van der Waals surface area contributed by atoms with E-state index >= 15 is 0 Å². The van der Waals surface area contributed by atoms with E-state index in [2.05, 4.69) is 15.2 Å². The fourth-order valence-electron chi connectivity index (χ4n) is 1.92. The zero-order chi connectivity index (χ0) is 15.2. The van der Waals surface area contributed by atoms with Gasteiger partial charge >= 0.3 is 0 Å². The largest absolute Gasteiger partial charge is 0.484 e. The summed E-state index contributed by atoms with van der Waals surface area (Å²) in [7, 11) is 5.45. The van der Waals surface area contributed by atoms with Crippen molar-refractivity contribution in [2.75, 3.05) is 40.8 Å². The van der Waals surface area contributed by atoms with Gasteiger partial charge in [0.15, 0.2) is 12.6 Å². The first-order valence-corrected chi connectivity index (χ1v) is 6.97. The highest BCUT2D eigenvalue weighted by molar-refractivity contribution is 14.0. The standard InChI is InChI=1S/C15H22N4O2.HI/c1-18(2)14(20)11-21-13-6-4-5-12(9-13)10-17-15-16-7-8-19(15)3;/h4-6,9H,7-8,10-11H2,1-3H3,(H,16,17);1H. The van der Waals surface area contributed by atoms with Gasteiger partial charge < -0.3 is 19.9 Å². The maximum absolute atomic E-state index is 11.5. The van der Waals surface area contributed by atoms with Crippen LogP contribution in [0, 0.1) is 0 Å². The van der Waals surface area contributed by atoms with Crippen LogP contribution in [-0.2, 0) is 11.3 Å². The molecule has 0 bridgehead atoms. The van der Waals surface area contributed by atoms with Crippen LogP contribution in [0.25, 0.3) is 0 Å². The predicted molar refractivity (Wildman–Crippen MR) is 97.8 cm³/mol. The summed E-state index contributed by atoms with van der Waals surface area (Å²) in [6.07, 6.45) is 0. The van der Waals surface area contributed by atoms with Crippen LogP contribution in [0.15, 0.2) is 29.3 Å². The SMILES string of the molecule is CN(C)C(=O)COc1cccc(CNC2=NCCN2C)c1.I. The van der Waals surface area contributed by atoms with Crippen LogP contribution in [0.3, 0.4) is 0 Å². The van der Waals surface area contributed by atoms with Crippen LogP contribution >= 0.6 is 24.0 Å². The number of hydrogen-bond donors (Lipinski definition) is 1. The van der Waals surface area contributed by atoms with E-state index in [4.69, 9.17) is 4.74 Å². The highest BCUT2D eigenvalue weighted by Gasteiger charge is 2.11. The Hall–Kier alpha value is -1.51. The van der Waals surface area contributed by atoms with Crippen LogP contribution in [0.2, 0.25) is 0 Å². The maximum Gasteiger partial charge on any atom is 0.259 e. The van der Waals surface area contributed by atoms with E-state index in [1.54, 1.807) is 14.1 Å². The molecule has 1 aromatic carbocycles. The molecule has 0 saturated heterocycles. The Morgan fingerprint density at radius 3 is 2.86 bits per heavy atom. The minimum atomic E-state index is -0.0551. The average molecular weight is 418 g/mol. The third-order valence-electron chi connectivity index (χ3n) is 3.27. The Labute approximate surface area is 148 Å². The summed E-state index contributed by atoms with van der Waals surface area (Å²) in [5.41, 5.74) is 1.09. The second-order valence-electron chi connectivity index (χ2n) is 5.20.